The zero-order chi connectivity index (χ0) is 13.9. The quantitative estimate of drug-likeness (QED) is 0.547. The minimum Gasteiger partial charge on any atom is -0.477 e. The van der Waals surface area contributed by atoms with Gasteiger partial charge in [0.1, 0.15) is 19.0 Å². The van der Waals surface area contributed by atoms with Gasteiger partial charge in [-0.3, -0.25) is 0 Å². The summed E-state index contributed by atoms with van der Waals surface area (Å²) in [6, 6.07) is 1.78. The van der Waals surface area contributed by atoms with Gasteiger partial charge in [0.2, 0.25) is 5.88 Å². The van der Waals surface area contributed by atoms with E-state index in [9.17, 15) is 0 Å². The molecule has 0 unspecified atom stereocenters. The van der Waals surface area contributed by atoms with Crippen LogP contribution in [0, 0.1) is 12.3 Å². The van der Waals surface area contributed by atoms with Crippen molar-refractivity contribution in [3.8, 4) is 18.2 Å². The fourth-order valence-corrected chi connectivity index (χ4v) is 1.36. The van der Waals surface area contributed by atoms with Gasteiger partial charge in [-0.25, -0.2) is 4.98 Å². The molecular weight excluding hydrogens is 242 g/mol. The van der Waals surface area contributed by atoms with Gasteiger partial charge in [0.25, 0.3) is 0 Å². The normalized spacial score (nSPS) is 9.95. The first kappa shape index (κ1) is 15.3. The van der Waals surface area contributed by atoms with Gasteiger partial charge in [0.15, 0.2) is 5.82 Å². The summed E-state index contributed by atoms with van der Waals surface area (Å²) in [5.41, 5.74) is 0. The summed E-state index contributed by atoms with van der Waals surface area (Å²) in [5.74, 6) is 4.42. The number of hydrogen-bond donors (Lipinski definition) is 1. The molecule has 1 N–H and O–H groups in total. The summed E-state index contributed by atoms with van der Waals surface area (Å²) in [6.07, 6.45) is 6.77. The number of nitrogens with zero attached hydrogens (tertiary/aromatic N) is 2. The van der Waals surface area contributed by atoms with Crippen LogP contribution >= 0.6 is 0 Å². The Balaban J connectivity index is 2.73. The van der Waals surface area contributed by atoms with Gasteiger partial charge in [-0.1, -0.05) is 6.92 Å². The molecule has 0 aromatic carbocycles. The van der Waals surface area contributed by atoms with E-state index >= 15 is 0 Å². The summed E-state index contributed by atoms with van der Waals surface area (Å²) in [7, 11) is 0. The lowest BCUT2D eigenvalue weighted by Gasteiger charge is -2.10. The minimum atomic E-state index is 0.379. The Kier molecular flexibility index (Phi) is 7.37. The summed E-state index contributed by atoms with van der Waals surface area (Å²) >= 11 is 0. The summed E-state index contributed by atoms with van der Waals surface area (Å²) in [5, 5.41) is 3.21. The Morgan fingerprint density at radius 2 is 2.21 bits per heavy atom. The number of aromatic nitrogens is 2. The molecule has 0 aliphatic carbocycles. The van der Waals surface area contributed by atoms with Gasteiger partial charge in [-0.2, -0.15) is 4.98 Å². The Hall–Kier alpha value is -1.80. The lowest BCUT2D eigenvalue weighted by Crippen LogP contribution is -2.08. The number of hydrogen-bond acceptors (Lipinski definition) is 5. The fourth-order valence-electron chi connectivity index (χ4n) is 1.36. The fraction of sp³-hybridized carbons (Fsp3) is 0.571. The molecule has 19 heavy (non-hydrogen) atoms. The third kappa shape index (κ3) is 6.07. The third-order valence-electron chi connectivity index (χ3n) is 2.24. The molecule has 0 aliphatic heterocycles. The zero-order valence-electron chi connectivity index (χ0n) is 11.6. The molecule has 5 nitrogen and oxygen atoms in total. The standard InChI is InChI=1S/C14H21N3O2/c1-4-7-9-19-14-10-12(15-8-5-2)16-13(17-14)11-18-6-3/h1,10H,5-9,11H2,2-3H3,(H,15,16,17). The molecule has 1 heterocycles. The second-order valence-electron chi connectivity index (χ2n) is 3.87. The van der Waals surface area contributed by atoms with Crippen molar-refractivity contribution in [2.75, 3.05) is 25.1 Å². The Morgan fingerprint density at radius 3 is 2.89 bits per heavy atom. The van der Waals surface area contributed by atoms with Crippen LogP contribution < -0.4 is 10.1 Å². The molecule has 0 radical (unpaired) electrons. The Labute approximate surface area is 114 Å². The highest BCUT2D eigenvalue weighted by Gasteiger charge is 2.05. The van der Waals surface area contributed by atoms with E-state index in [2.05, 4.69) is 28.1 Å². The van der Waals surface area contributed by atoms with E-state index in [4.69, 9.17) is 15.9 Å². The van der Waals surface area contributed by atoms with Gasteiger partial charge in [-0.05, 0) is 13.3 Å². The average Bonchev–Trinajstić information content (AvgIpc) is 2.43. The van der Waals surface area contributed by atoms with Crippen LogP contribution in [0.2, 0.25) is 0 Å². The van der Waals surface area contributed by atoms with Crippen LogP contribution in [0.15, 0.2) is 6.07 Å². The van der Waals surface area contributed by atoms with Crippen molar-refractivity contribution in [3.05, 3.63) is 11.9 Å². The molecule has 104 valence electrons. The maximum Gasteiger partial charge on any atom is 0.218 e. The molecule has 0 bridgehead atoms. The molecule has 0 saturated carbocycles. The van der Waals surface area contributed by atoms with Gasteiger partial charge >= 0.3 is 0 Å². The van der Waals surface area contributed by atoms with E-state index in [1.54, 1.807) is 6.07 Å². The monoisotopic (exact) mass is 263 g/mol. The van der Waals surface area contributed by atoms with Crippen molar-refractivity contribution < 1.29 is 9.47 Å². The average molecular weight is 263 g/mol. The largest absolute Gasteiger partial charge is 0.477 e. The van der Waals surface area contributed by atoms with Gasteiger partial charge in [-0.15, -0.1) is 12.3 Å². The SMILES string of the molecule is C#CCCOc1cc(NCCC)nc(COCC)n1. The lowest BCUT2D eigenvalue weighted by atomic mass is 10.4. The number of anilines is 1. The minimum absolute atomic E-state index is 0.379. The van der Waals surface area contributed by atoms with Gasteiger partial charge < -0.3 is 14.8 Å². The predicted octanol–water partition coefficient (Wildman–Crippen LogP) is 2.24. The molecule has 0 amide bonds. The van der Waals surface area contributed by atoms with E-state index < -0.39 is 0 Å². The van der Waals surface area contributed by atoms with Crippen molar-refractivity contribution in [1.82, 2.24) is 9.97 Å². The first-order valence-corrected chi connectivity index (χ1v) is 6.56. The van der Waals surface area contributed by atoms with Crippen LogP contribution in [0.1, 0.15) is 32.5 Å². The van der Waals surface area contributed by atoms with Crippen molar-refractivity contribution in [1.29, 1.82) is 0 Å². The molecule has 1 aromatic rings. The number of ether oxygens (including phenoxy) is 2. The second kappa shape index (κ2) is 9.17. The smallest absolute Gasteiger partial charge is 0.218 e. The van der Waals surface area contributed by atoms with Crippen molar-refractivity contribution in [3.63, 3.8) is 0 Å². The zero-order valence-corrected chi connectivity index (χ0v) is 11.6. The highest BCUT2D eigenvalue weighted by molar-refractivity contribution is 5.38. The van der Waals surface area contributed by atoms with Gasteiger partial charge in [0.05, 0.1) is 0 Å². The van der Waals surface area contributed by atoms with Crippen molar-refractivity contribution in [2.24, 2.45) is 0 Å². The van der Waals surface area contributed by atoms with Crippen LogP contribution in [0.3, 0.4) is 0 Å². The summed E-state index contributed by atoms with van der Waals surface area (Å²) in [6.45, 7) is 6.35. The van der Waals surface area contributed by atoms with Gasteiger partial charge in [0, 0.05) is 25.6 Å². The van der Waals surface area contributed by atoms with Crippen molar-refractivity contribution in [2.45, 2.75) is 33.3 Å². The van der Waals surface area contributed by atoms with Crippen LogP contribution in [0.4, 0.5) is 5.82 Å². The van der Waals surface area contributed by atoms with E-state index in [0.717, 1.165) is 18.8 Å². The lowest BCUT2D eigenvalue weighted by molar-refractivity contribution is 0.127. The second-order valence-corrected chi connectivity index (χ2v) is 3.87. The Bertz CT molecular complexity index is 389. The Morgan fingerprint density at radius 1 is 1.37 bits per heavy atom. The third-order valence-corrected chi connectivity index (χ3v) is 2.24. The van der Waals surface area contributed by atoms with Crippen LogP contribution in [0.5, 0.6) is 5.88 Å². The van der Waals surface area contributed by atoms with Crippen LogP contribution in [-0.2, 0) is 11.3 Å². The topological polar surface area (TPSA) is 56.3 Å². The number of rotatable bonds is 9. The molecule has 1 rings (SSSR count). The number of terminal acetylenes is 1. The molecule has 1 aromatic heterocycles. The molecule has 0 saturated heterocycles. The van der Waals surface area contributed by atoms with Crippen molar-refractivity contribution >= 4 is 5.82 Å². The molecule has 0 spiro atoms. The predicted molar refractivity (Wildman–Crippen MR) is 75.1 cm³/mol. The molecule has 0 aliphatic rings. The summed E-state index contributed by atoms with van der Waals surface area (Å²) in [4.78, 5) is 8.65. The van der Waals surface area contributed by atoms with Crippen LogP contribution in [-0.4, -0.2) is 29.7 Å². The highest BCUT2D eigenvalue weighted by atomic mass is 16.5. The maximum absolute atomic E-state index is 5.50. The van der Waals surface area contributed by atoms with E-state index in [1.165, 1.54) is 0 Å². The first-order chi connectivity index (χ1) is 9.30. The van der Waals surface area contributed by atoms with E-state index in [0.29, 0.717) is 37.9 Å². The van der Waals surface area contributed by atoms with Crippen LogP contribution in [0.25, 0.3) is 0 Å². The molecule has 0 fully saturated rings. The highest BCUT2D eigenvalue weighted by Crippen LogP contribution is 2.14. The molecule has 5 heteroatoms. The van der Waals surface area contributed by atoms with E-state index in [-0.39, 0.29) is 0 Å². The first-order valence-electron chi connectivity index (χ1n) is 6.56. The van der Waals surface area contributed by atoms with E-state index in [1.807, 2.05) is 6.92 Å². The number of nitrogens with one attached hydrogen (secondary N) is 1. The molecular formula is C14H21N3O2. The molecule has 0 atom stereocenters. The maximum atomic E-state index is 5.50. The summed E-state index contributed by atoms with van der Waals surface area (Å²) < 4.78 is 10.8.